The topological polar surface area (TPSA) is 76.9 Å². The van der Waals surface area contributed by atoms with Crippen molar-refractivity contribution in [2.24, 2.45) is 0 Å². The summed E-state index contributed by atoms with van der Waals surface area (Å²) in [6.45, 7) is 1.20. The molecule has 2 aliphatic rings. The van der Waals surface area contributed by atoms with Crippen molar-refractivity contribution in [3.05, 3.63) is 89.2 Å². The maximum Gasteiger partial charge on any atom is 0.345 e. The summed E-state index contributed by atoms with van der Waals surface area (Å²) in [7, 11) is 1.34. The lowest BCUT2D eigenvalue weighted by Crippen LogP contribution is -2.40. The summed E-state index contributed by atoms with van der Waals surface area (Å²) >= 11 is 0. The molecule has 0 unspecified atom stereocenters. The van der Waals surface area contributed by atoms with E-state index in [-0.39, 0.29) is 18.7 Å². The van der Waals surface area contributed by atoms with Gasteiger partial charge in [-0.25, -0.2) is 9.59 Å². The molecule has 1 fully saturated rings. The van der Waals surface area contributed by atoms with E-state index in [1.54, 1.807) is 6.20 Å². The molecule has 32 heavy (non-hydrogen) atoms. The van der Waals surface area contributed by atoms with Crippen LogP contribution in [0.15, 0.2) is 66.9 Å². The zero-order valence-corrected chi connectivity index (χ0v) is 17.8. The molecule has 164 valence electrons. The van der Waals surface area contributed by atoms with E-state index in [0.717, 1.165) is 17.5 Å². The molecule has 2 aliphatic heterocycles. The van der Waals surface area contributed by atoms with E-state index in [1.807, 2.05) is 53.2 Å². The van der Waals surface area contributed by atoms with Gasteiger partial charge in [-0.3, -0.25) is 9.52 Å². The van der Waals surface area contributed by atoms with Gasteiger partial charge in [-0.05, 0) is 17.5 Å². The quantitative estimate of drug-likeness (QED) is 0.536. The predicted octanol–water partition coefficient (Wildman–Crippen LogP) is 3.26. The van der Waals surface area contributed by atoms with Crippen molar-refractivity contribution >= 4 is 12.0 Å². The van der Waals surface area contributed by atoms with Gasteiger partial charge in [0.25, 0.3) is 0 Å². The summed E-state index contributed by atoms with van der Waals surface area (Å²) in [5.41, 5.74) is 3.65. The molecular weight excluding hydrogens is 408 g/mol. The summed E-state index contributed by atoms with van der Waals surface area (Å²) in [6.07, 6.45) is 2.51. The predicted molar refractivity (Wildman–Crippen MR) is 115 cm³/mol. The Labute approximate surface area is 185 Å². The molecule has 2 amide bonds. The van der Waals surface area contributed by atoms with Crippen LogP contribution in [0.1, 0.15) is 34.5 Å². The van der Waals surface area contributed by atoms with Crippen LogP contribution < -0.4 is 0 Å². The van der Waals surface area contributed by atoms with Gasteiger partial charge in [-0.2, -0.15) is 10.2 Å². The lowest BCUT2D eigenvalue weighted by Gasteiger charge is -2.29. The Kier molecular flexibility index (Phi) is 5.36. The van der Waals surface area contributed by atoms with Crippen LogP contribution in [0.25, 0.3) is 0 Å². The highest BCUT2D eigenvalue weighted by Gasteiger charge is 2.53. The summed E-state index contributed by atoms with van der Waals surface area (Å²) in [4.78, 5) is 33.4. The van der Waals surface area contributed by atoms with E-state index in [2.05, 4.69) is 17.2 Å². The number of nitrogens with zero attached hydrogens (tertiary/aromatic N) is 4. The van der Waals surface area contributed by atoms with Crippen molar-refractivity contribution < 1.29 is 19.2 Å². The summed E-state index contributed by atoms with van der Waals surface area (Å²) in [5, 5.41) is 5.94. The fourth-order valence-corrected chi connectivity index (χ4v) is 4.42. The number of fused-ring (bicyclic) bond motifs is 4. The molecule has 8 heteroatoms. The Bertz CT molecular complexity index is 1120. The van der Waals surface area contributed by atoms with Crippen LogP contribution in [0.4, 0.5) is 4.79 Å². The van der Waals surface area contributed by atoms with Gasteiger partial charge >= 0.3 is 12.0 Å². The number of amides is 2. The molecular formula is C24H24N4O4. The van der Waals surface area contributed by atoms with Crippen LogP contribution in [0.2, 0.25) is 0 Å². The van der Waals surface area contributed by atoms with Gasteiger partial charge in [0.1, 0.15) is 12.6 Å². The van der Waals surface area contributed by atoms with Crippen molar-refractivity contribution in [2.45, 2.75) is 31.7 Å². The molecule has 2 aromatic carbocycles. The number of methoxy groups -OCH3 is 1. The highest BCUT2D eigenvalue weighted by atomic mass is 16.7. The molecule has 3 heterocycles. The third-order valence-electron chi connectivity index (χ3n) is 6.02. The molecule has 2 atom stereocenters. The first-order valence-corrected chi connectivity index (χ1v) is 10.6. The van der Waals surface area contributed by atoms with Crippen molar-refractivity contribution in [1.29, 1.82) is 0 Å². The van der Waals surface area contributed by atoms with Crippen molar-refractivity contribution in [2.75, 3.05) is 13.7 Å². The second kappa shape index (κ2) is 8.47. The number of hydrogen-bond acceptors (Lipinski definition) is 5. The zero-order valence-electron chi connectivity index (χ0n) is 17.8. The largest absolute Gasteiger partial charge is 0.467 e. The van der Waals surface area contributed by atoms with Crippen LogP contribution in [0.3, 0.4) is 0 Å². The summed E-state index contributed by atoms with van der Waals surface area (Å²) in [6, 6.07) is 18.2. The van der Waals surface area contributed by atoms with Crippen molar-refractivity contribution in [3.8, 4) is 0 Å². The maximum atomic E-state index is 13.2. The molecule has 5 rings (SSSR count). The Morgan fingerprint density at radius 3 is 2.44 bits per heavy atom. The Morgan fingerprint density at radius 1 is 1.06 bits per heavy atom. The first-order chi connectivity index (χ1) is 15.7. The summed E-state index contributed by atoms with van der Waals surface area (Å²) in [5.74, 6) is -0.482. The minimum absolute atomic E-state index is 0.261. The number of aryl methyl sites for hydroxylation is 2. The minimum Gasteiger partial charge on any atom is -0.467 e. The number of ether oxygens (including phenoxy) is 1. The normalized spacial score (nSPS) is 19.2. The highest BCUT2D eigenvalue weighted by molar-refractivity contribution is 5.87. The second-order valence-corrected chi connectivity index (χ2v) is 7.91. The molecule has 3 aromatic rings. The third-order valence-corrected chi connectivity index (χ3v) is 6.02. The summed E-state index contributed by atoms with van der Waals surface area (Å²) < 4.78 is 6.88. The molecule has 0 aliphatic carbocycles. The van der Waals surface area contributed by atoms with Crippen LogP contribution in [0, 0.1) is 0 Å². The van der Waals surface area contributed by atoms with E-state index in [1.165, 1.54) is 22.6 Å². The van der Waals surface area contributed by atoms with Crippen molar-refractivity contribution in [3.63, 3.8) is 0 Å². The van der Waals surface area contributed by atoms with Gasteiger partial charge in [-0.1, -0.05) is 60.7 Å². The number of aromatic nitrogens is 2. The maximum absolute atomic E-state index is 13.2. The number of rotatable bonds is 7. The second-order valence-electron chi connectivity index (χ2n) is 7.91. The number of benzene rings is 2. The van der Waals surface area contributed by atoms with Crippen LogP contribution >= 0.6 is 0 Å². The van der Waals surface area contributed by atoms with Gasteiger partial charge in [-0.15, -0.1) is 0 Å². The molecule has 1 aromatic heterocycles. The van der Waals surface area contributed by atoms with Gasteiger partial charge in [0.2, 0.25) is 0 Å². The molecule has 0 radical (unpaired) electrons. The third kappa shape index (κ3) is 3.52. The Balaban J connectivity index is 1.44. The lowest BCUT2D eigenvalue weighted by molar-refractivity contribution is -0.146. The van der Waals surface area contributed by atoms with Gasteiger partial charge in [0, 0.05) is 12.1 Å². The number of hydrogen-bond donors (Lipinski definition) is 0. The van der Waals surface area contributed by atoms with E-state index in [9.17, 15) is 9.59 Å². The molecule has 8 nitrogen and oxygen atoms in total. The molecule has 2 bridgehead atoms. The number of carbonyl (C=O) groups is 2. The fraction of sp³-hybridized carbons (Fsp3) is 0.292. The van der Waals surface area contributed by atoms with Gasteiger partial charge < -0.3 is 9.64 Å². The van der Waals surface area contributed by atoms with Crippen LogP contribution in [-0.2, 0) is 33.9 Å². The smallest absolute Gasteiger partial charge is 0.345 e. The lowest BCUT2D eigenvalue weighted by atomic mass is 9.98. The average molecular weight is 432 g/mol. The monoisotopic (exact) mass is 432 g/mol. The average Bonchev–Trinajstić information content (AvgIpc) is 3.38. The fourth-order valence-electron chi connectivity index (χ4n) is 4.42. The van der Waals surface area contributed by atoms with Gasteiger partial charge in [0.15, 0.2) is 6.04 Å². The molecule has 0 spiro atoms. The van der Waals surface area contributed by atoms with Crippen LogP contribution in [0.5, 0.6) is 0 Å². The molecule has 1 saturated heterocycles. The Morgan fingerprint density at radius 2 is 1.75 bits per heavy atom. The molecule has 0 N–H and O–H groups in total. The highest BCUT2D eigenvalue weighted by Crippen LogP contribution is 2.44. The SMILES string of the molecule is COC(=O)[C@@H]1c2c(cnn2CCc2ccccc2)[C@H]2CN1C(=O)N2OCc1ccccc1. The van der Waals surface area contributed by atoms with E-state index >= 15 is 0 Å². The number of urea groups is 1. The number of carbonyl (C=O) groups excluding carboxylic acids is 2. The van der Waals surface area contributed by atoms with E-state index in [4.69, 9.17) is 9.57 Å². The standard InChI is InChI=1S/C24H24N4O4/c1-31-23(29)22-21-19(14-25-27(21)13-12-17-8-4-2-5-9-17)20-15-26(22)24(30)28(20)32-16-18-10-6-3-7-11-18/h2-11,14,20,22H,12-13,15-16H2,1H3/t20-,22+/m1/s1. The first kappa shape index (κ1) is 20.3. The number of hydroxylamine groups is 2. The first-order valence-electron chi connectivity index (χ1n) is 10.6. The molecule has 0 saturated carbocycles. The minimum atomic E-state index is -0.845. The van der Waals surface area contributed by atoms with Crippen LogP contribution in [-0.4, -0.2) is 45.4 Å². The van der Waals surface area contributed by atoms with E-state index < -0.39 is 12.0 Å². The van der Waals surface area contributed by atoms with Crippen molar-refractivity contribution in [1.82, 2.24) is 19.7 Å². The Hall–Kier alpha value is -3.65. The number of esters is 1. The van der Waals surface area contributed by atoms with E-state index in [0.29, 0.717) is 18.8 Å². The van der Waals surface area contributed by atoms with Gasteiger partial charge in [0.05, 0.1) is 25.5 Å². The zero-order chi connectivity index (χ0) is 22.1.